The normalized spacial score (nSPS) is 36.8. The molecular formula is C12H14O3S. The average Bonchev–Trinajstić information content (AvgIpc) is 3.10. The van der Waals surface area contributed by atoms with Gasteiger partial charge in [-0.15, -0.1) is 11.8 Å². The summed E-state index contributed by atoms with van der Waals surface area (Å²) in [6.07, 6.45) is -0.941. The van der Waals surface area contributed by atoms with Gasteiger partial charge in [0, 0.05) is 5.25 Å². The van der Waals surface area contributed by atoms with E-state index in [0.29, 0.717) is 23.7 Å². The zero-order chi connectivity index (χ0) is 11.0. The van der Waals surface area contributed by atoms with E-state index in [1.165, 1.54) is 0 Å². The van der Waals surface area contributed by atoms with E-state index in [1.807, 2.05) is 30.3 Å². The summed E-state index contributed by atoms with van der Waals surface area (Å²) >= 11 is 1.78. The Morgan fingerprint density at radius 1 is 1.38 bits per heavy atom. The van der Waals surface area contributed by atoms with E-state index in [9.17, 15) is 5.11 Å². The highest BCUT2D eigenvalue weighted by Gasteiger charge is 2.51. The van der Waals surface area contributed by atoms with Gasteiger partial charge in [-0.2, -0.15) is 0 Å². The molecule has 0 saturated carbocycles. The van der Waals surface area contributed by atoms with E-state index >= 15 is 0 Å². The molecule has 4 heteroatoms. The van der Waals surface area contributed by atoms with Crippen LogP contribution in [0.5, 0.6) is 0 Å². The average molecular weight is 238 g/mol. The lowest BCUT2D eigenvalue weighted by atomic mass is 10.1. The molecule has 2 aliphatic rings. The van der Waals surface area contributed by atoms with Crippen molar-refractivity contribution in [3.05, 3.63) is 35.9 Å². The predicted molar refractivity (Wildman–Crippen MR) is 62.1 cm³/mol. The molecule has 2 saturated heterocycles. The number of hydrogen-bond acceptors (Lipinski definition) is 4. The van der Waals surface area contributed by atoms with Crippen molar-refractivity contribution in [1.29, 1.82) is 0 Å². The summed E-state index contributed by atoms with van der Waals surface area (Å²) in [5.74, 6) is 0. The highest BCUT2D eigenvalue weighted by atomic mass is 32.2. The summed E-state index contributed by atoms with van der Waals surface area (Å²) in [6, 6.07) is 9.93. The van der Waals surface area contributed by atoms with Gasteiger partial charge in [-0.3, -0.25) is 0 Å². The number of ether oxygens (including phenoxy) is 2. The highest BCUT2D eigenvalue weighted by Crippen LogP contribution is 2.48. The van der Waals surface area contributed by atoms with Crippen LogP contribution in [-0.4, -0.2) is 34.6 Å². The van der Waals surface area contributed by atoms with Gasteiger partial charge < -0.3 is 14.6 Å². The van der Waals surface area contributed by atoms with Crippen LogP contribution in [0.4, 0.5) is 0 Å². The van der Waals surface area contributed by atoms with E-state index in [2.05, 4.69) is 0 Å². The molecule has 1 aromatic carbocycles. The van der Waals surface area contributed by atoms with E-state index in [1.54, 1.807) is 11.8 Å². The molecule has 1 N–H and O–H groups in total. The van der Waals surface area contributed by atoms with Crippen molar-refractivity contribution < 1.29 is 14.6 Å². The van der Waals surface area contributed by atoms with Crippen LogP contribution in [0.15, 0.2) is 30.3 Å². The Hall–Kier alpha value is -0.550. The highest BCUT2D eigenvalue weighted by molar-refractivity contribution is 8.07. The minimum atomic E-state index is -0.479. The Kier molecular flexibility index (Phi) is 2.90. The van der Waals surface area contributed by atoms with Gasteiger partial charge in [0.15, 0.2) is 6.29 Å². The van der Waals surface area contributed by atoms with E-state index in [-0.39, 0.29) is 0 Å². The molecule has 4 atom stereocenters. The minimum absolute atomic E-state index is 0.328. The van der Waals surface area contributed by atoms with Crippen LogP contribution in [0, 0.1) is 0 Å². The Bertz CT molecular complexity index is 357. The topological polar surface area (TPSA) is 38.7 Å². The number of fused-ring (bicyclic) bond motifs is 1. The lowest BCUT2D eigenvalue weighted by Gasteiger charge is -2.26. The van der Waals surface area contributed by atoms with Gasteiger partial charge >= 0.3 is 0 Å². The van der Waals surface area contributed by atoms with Crippen LogP contribution >= 0.6 is 11.8 Å². The zero-order valence-corrected chi connectivity index (χ0v) is 9.60. The van der Waals surface area contributed by atoms with Gasteiger partial charge in [-0.1, -0.05) is 30.3 Å². The third kappa shape index (κ3) is 2.11. The molecule has 86 valence electrons. The second kappa shape index (κ2) is 4.37. The van der Waals surface area contributed by atoms with Crippen molar-refractivity contribution in [3.8, 4) is 0 Å². The smallest absolute Gasteiger partial charge is 0.184 e. The molecule has 0 aromatic heterocycles. The molecule has 0 unspecified atom stereocenters. The van der Waals surface area contributed by atoms with E-state index in [0.717, 1.165) is 5.56 Å². The van der Waals surface area contributed by atoms with Crippen LogP contribution in [-0.2, 0) is 16.1 Å². The second-order valence-electron chi connectivity index (χ2n) is 4.13. The number of thioether (sulfide) groups is 1. The first-order valence-corrected chi connectivity index (χ1v) is 6.39. The number of benzene rings is 1. The standard InChI is InChI=1S/C12H14O3S/c13-10-11-9(16-11)7-15-12(10)14-6-8-4-2-1-3-5-8/h1-5,9-13H,6-7H2/t9-,10+,11-,12+/m1/s1. The van der Waals surface area contributed by atoms with Crippen molar-refractivity contribution in [2.24, 2.45) is 0 Å². The Morgan fingerprint density at radius 2 is 2.19 bits per heavy atom. The number of hydrogen-bond donors (Lipinski definition) is 1. The van der Waals surface area contributed by atoms with Gasteiger partial charge in [0.05, 0.1) is 18.5 Å². The van der Waals surface area contributed by atoms with Crippen molar-refractivity contribution >= 4 is 11.8 Å². The quantitative estimate of drug-likeness (QED) is 0.808. The Morgan fingerprint density at radius 3 is 3.00 bits per heavy atom. The van der Waals surface area contributed by atoms with Gasteiger partial charge in [0.1, 0.15) is 6.10 Å². The molecule has 0 spiro atoms. The second-order valence-corrected chi connectivity index (χ2v) is 5.55. The fraction of sp³-hybridized carbons (Fsp3) is 0.500. The fourth-order valence-corrected chi connectivity index (χ4v) is 2.93. The van der Waals surface area contributed by atoms with E-state index in [4.69, 9.17) is 9.47 Å². The fourth-order valence-electron chi connectivity index (χ4n) is 1.93. The molecule has 2 heterocycles. The molecule has 0 radical (unpaired) electrons. The third-order valence-electron chi connectivity index (χ3n) is 2.92. The summed E-state index contributed by atoms with van der Waals surface area (Å²) in [5, 5.41) is 10.7. The molecule has 0 aliphatic carbocycles. The monoisotopic (exact) mass is 238 g/mol. The van der Waals surface area contributed by atoms with Crippen molar-refractivity contribution in [2.45, 2.75) is 29.5 Å². The molecule has 0 bridgehead atoms. The van der Waals surface area contributed by atoms with Crippen LogP contribution < -0.4 is 0 Å². The molecule has 1 aromatic rings. The summed E-state index contributed by atoms with van der Waals surface area (Å²) in [4.78, 5) is 0. The maximum Gasteiger partial charge on any atom is 0.184 e. The van der Waals surface area contributed by atoms with Gasteiger partial charge in [0.2, 0.25) is 0 Å². The SMILES string of the molecule is O[C@@H]1[C@@H](OCc2ccccc2)OC[C@H]2S[C@@H]12. The van der Waals surface area contributed by atoms with Crippen LogP contribution in [0.25, 0.3) is 0 Å². The lowest BCUT2D eigenvalue weighted by molar-refractivity contribution is -0.210. The summed E-state index contributed by atoms with van der Waals surface area (Å²) < 4.78 is 11.1. The van der Waals surface area contributed by atoms with Gasteiger partial charge in [-0.25, -0.2) is 0 Å². The van der Waals surface area contributed by atoms with Crippen molar-refractivity contribution in [2.75, 3.05) is 6.61 Å². The number of aliphatic hydroxyl groups is 1. The van der Waals surface area contributed by atoms with Crippen molar-refractivity contribution in [3.63, 3.8) is 0 Å². The first-order valence-electron chi connectivity index (χ1n) is 5.45. The van der Waals surface area contributed by atoms with Crippen molar-refractivity contribution in [1.82, 2.24) is 0 Å². The Labute approximate surface area is 98.8 Å². The third-order valence-corrected chi connectivity index (χ3v) is 4.31. The maximum absolute atomic E-state index is 9.89. The van der Waals surface area contributed by atoms with Crippen LogP contribution in [0.2, 0.25) is 0 Å². The molecule has 3 rings (SSSR count). The minimum Gasteiger partial charge on any atom is -0.387 e. The molecule has 3 nitrogen and oxygen atoms in total. The molecule has 0 amide bonds. The first-order chi connectivity index (χ1) is 7.84. The zero-order valence-electron chi connectivity index (χ0n) is 8.78. The maximum atomic E-state index is 9.89. The predicted octanol–water partition coefficient (Wildman–Crippen LogP) is 1.40. The largest absolute Gasteiger partial charge is 0.387 e. The molecular weight excluding hydrogens is 224 g/mol. The molecule has 2 aliphatic heterocycles. The molecule has 16 heavy (non-hydrogen) atoms. The number of aliphatic hydroxyl groups excluding tert-OH is 1. The van der Waals surface area contributed by atoms with Crippen LogP contribution in [0.3, 0.4) is 0 Å². The Balaban J connectivity index is 1.55. The van der Waals surface area contributed by atoms with Crippen LogP contribution in [0.1, 0.15) is 5.56 Å². The summed E-state index contributed by atoms with van der Waals surface area (Å²) in [5.41, 5.74) is 1.10. The first kappa shape index (κ1) is 10.6. The number of rotatable bonds is 3. The van der Waals surface area contributed by atoms with Gasteiger partial charge in [0.25, 0.3) is 0 Å². The van der Waals surface area contributed by atoms with Gasteiger partial charge in [-0.05, 0) is 5.56 Å². The summed E-state index contributed by atoms with van der Waals surface area (Å²) in [6.45, 7) is 1.19. The van der Waals surface area contributed by atoms with E-state index < -0.39 is 12.4 Å². The summed E-state index contributed by atoms with van der Waals surface area (Å²) in [7, 11) is 0. The molecule has 2 fully saturated rings. The lowest BCUT2D eigenvalue weighted by Crippen LogP contribution is -2.41.